The minimum Gasteiger partial charge on any atom is -0.494 e. The van der Waals surface area contributed by atoms with Crippen molar-refractivity contribution in [3.63, 3.8) is 0 Å². The molecule has 0 amide bonds. The average Bonchev–Trinajstić information content (AvgIpc) is 3.10. The molecule has 0 aliphatic heterocycles. The van der Waals surface area contributed by atoms with Gasteiger partial charge in [-0.05, 0) is 43.3 Å². The summed E-state index contributed by atoms with van der Waals surface area (Å²) in [6, 6.07) is 11.5. The first kappa shape index (κ1) is 19.0. The molecule has 27 heavy (non-hydrogen) atoms. The first-order valence-corrected chi connectivity index (χ1v) is 9.73. The van der Waals surface area contributed by atoms with E-state index >= 15 is 0 Å². The van der Waals surface area contributed by atoms with E-state index in [2.05, 4.69) is 21.8 Å². The molecule has 6 nitrogen and oxygen atoms in total. The molecule has 0 fully saturated rings. The summed E-state index contributed by atoms with van der Waals surface area (Å²) in [5, 5.41) is 9.50. The molecule has 3 aromatic rings. The van der Waals surface area contributed by atoms with E-state index in [1.54, 1.807) is 24.2 Å². The number of nitrogens with zero attached hydrogens (tertiary/aromatic N) is 4. The predicted molar refractivity (Wildman–Crippen MR) is 107 cm³/mol. The van der Waals surface area contributed by atoms with Crippen LogP contribution >= 0.6 is 11.8 Å². The Morgan fingerprint density at radius 2 is 1.74 bits per heavy atom. The molecule has 0 spiro atoms. The van der Waals surface area contributed by atoms with E-state index in [4.69, 9.17) is 9.47 Å². The summed E-state index contributed by atoms with van der Waals surface area (Å²) < 4.78 is 13.3. The van der Waals surface area contributed by atoms with Gasteiger partial charge in [0.2, 0.25) is 0 Å². The summed E-state index contributed by atoms with van der Waals surface area (Å²) in [6.07, 6.45) is 5.34. The van der Waals surface area contributed by atoms with Crippen LogP contribution in [0.4, 0.5) is 0 Å². The maximum absolute atomic E-state index is 5.79. The lowest BCUT2D eigenvalue weighted by molar-refractivity contribution is 0.332. The van der Waals surface area contributed by atoms with Crippen LogP contribution in [0.15, 0.2) is 66.6 Å². The molecule has 2 aromatic heterocycles. The molecule has 0 unspecified atom stereocenters. The van der Waals surface area contributed by atoms with Gasteiger partial charge in [0.05, 0.1) is 13.2 Å². The van der Waals surface area contributed by atoms with Crippen LogP contribution in [-0.2, 0) is 6.54 Å². The maximum atomic E-state index is 5.79. The van der Waals surface area contributed by atoms with Crippen LogP contribution < -0.4 is 9.47 Å². The third kappa shape index (κ3) is 5.10. The molecule has 7 heteroatoms. The number of pyridine rings is 1. The molecule has 0 aliphatic carbocycles. The van der Waals surface area contributed by atoms with Gasteiger partial charge in [-0.15, -0.1) is 16.8 Å². The average molecular weight is 382 g/mol. The van der Waals surface area contributed by atoms with Crippen molar-refractivity contribution in [2.45, 2.75) is 18.6 Å². The highest BCUT2D eigenvalue weighted by Crippen LogP contribution is 2.24. The molecule has 2 heterocycles. The zero-order valence-corrected chi connectivity index (χ0v) is 16.1. The van der Waals surface area contributed by atoms with Crippen LogP contribution in [0.2, 0.25) is 0 Å². The van der Waals surface area contributed by atoms with Crippen molar-refractivity contribution in [3.8, 4) is 22.9 Å². The van der Waals surface area contributed by atoms with Crippen molar-refractivity contribution < 1.29 is 9.47 Å². The van der Waals surface area contributed by atoms with Gasteiger partial charge in [0.25, 0.3) is 0 Å². The highest BCUT2D eigenvalue weighted by atomic mass is 32.2. The van der Waals surface area contributed by atoms with Crippen molar-refractivity contribution in [2.24, 2.45) is 0 Å². The monoisotopic (exact) mass is 382 g/mol. The Balaban J connectivity index is 1.57. The van der Waals surface area contributed by atoms with Gasteiger partial charge in [-0.1, -0.05) is 17.8 Å². The topological polar surface area (TPSA) is 62.1 Å². The second-order valence-corrected chi connectivity index (χ2v) is 6.60. The Morgan fingerprint density at radius 3 is 2.41 bits per heavy atom. The number of aromatic nitrogens is 4. The second-order valence-electron chi connectivity index (χ2n) is 5.54. The van der Waals surface area contributed by atoms with Gasteiger partial charge in [-0.3, -0.25) is 9.55 Å². The largest absolute Gasteiger partial charge is 0.494 e. The summed E-state index contributed by atoms with van der Waals surface area (Å²) in [5.41, 5.74) is 0.983. The zero-order chi connectivity index (χ0) is 18.9. The summed E-state index contributed by atoms with van der Waals surface area (Å²) in [7, 11) is 0. The van der Waals surface area contributed by atoms with E-state index in [9.17, 15) is 0 Å². The lowest BCUT2D eigenvalue weighted by Crippen LogP contribution is -2.04. The van der Waals surface area contributed by atoms with Crippen LogP contribution in [-0.4, -0.2) is 38.7 Å². The molecule has 0 atom stereocenters. The highest BCUT2D eigenvalue weighted by molar-refractivity contribution is 7.99. The fourth-order valence-electron chi connectivity index (χ4n) is 2.49. The van der Waals surface area contributed by atoms with Crippen molar-refractivity contribution in [3.05, 3.63) is 61.4 Å². The fourth-order valence-corrected chi connectivity index (χ4v) is 3.26. The van der Waals surface area contributed by atoms with Crippen molar-refractivity contribution in [2.75, 3.05) is 19.0 Å². The molecule has 0 N–H and O–H groups in total. The zero-order valence-electron chi connectivity index (χ0n) is 15.2. The molecule has 140 valence electrons. The minimum atomic E-state index is 0.574. The smallest absolute Gasteiger partial charge is 0.191 e. The number of hydrogen-bond acceptors (Lipinski definition) is 6. The molecule has 0 radical (unpaired) electrons. The Labute approximate surface area is 163 Å². The third-order valence-corrected chi connectivity index (χ3v) is 4.62. The van der Waals surface area contributed by atoms with Gasteiger partial charge >= 0.3 is 0 Å². The molecule has 0 bridgehead atoms. The number of thioether (sulfide) groups is 1. The van der Waals surface area contributed by atoms with E-state index in [0.29, 0.717) is 19.8 Å². The molecule has 3 rings (SSSR count). The standard InChI is InChI=1S/C20H22N4O2S/c1-3-13-24-19(16-9-11-21-12-10-16)22-23-20(24)27-15-14-26-18-7-5-17(6-8-18)25-4-2/h3,5-12H,1,4,13-15H2,2H3. The van der Waals surface area contributed by atoms with Gasteiger partial charge in [-0.2, -0.15) is 0 Å². The molecule has 1 aromatic carbocycles. The fraction of sp³-hybridized carbons (Fsp3) is 0.250. The highest BCUT2D eigenvalue weighted by Gasteiger charge is 2.13. The van der Waals surface area contributed by atoms with Crippen molar-refractivity contribution in [1.29, 1.82) is 0 Å². The van der Waals surface area contributed by atoms with Crippen LogP contribution in [0.1, 0.15) is 6.92 Å². The number of benzene rings is 1. The summed E-state index contributed by atoms with van der Waals surface area (Å²) in [6.45, 7) is 7.68. The lowest BCUT2D eigenvalue weighted by atomic mass is 10.2. The number of rotatable bonds is 10. The maximum Gasteiger partial charge on any atom is 0.191 e. The van der Waals surface area contributed by atoms with Crippen LogP contribution in [0.5, 0.6) is 11.5 Å². The molecule has 0 saturated carbocycles. The van der Waals surface area contributed by atoms with E-state index in [-0.39, 0.29) is 0 Å². The Morgan fingerprint density at radius 1 is 1.04 bits per heavy atom. The second kappa shape index (κ2) is 9.78. The number of hydrogen-bond donors (Lipinski definition) is 0. The predicted octanol–water partition coefficient (Wildman–Crippen LogP) is 4.10. The van der Waals surface area contributed by atoms with Crippen LogP contribution in [0, 0.1) is 0 Å². The number of ether oxygens (including phenoxy) is 2. The quantitative estimate of drug-likeness (QED) is 0.299. The Bertz CT molecular complexity index is 850. The lowest BCUT2D eigenvalue weighted by Gasteiger charge is -2.09. The Kier molecular flexibility index (Phi) is 6.87. The van der Waals surface area contributed by atoms with Gasteiger partial charge in [0.1, 0.15) is 11.5 Å². The first-order valence-electron chi connectivity index (χ1n) is 8.74. The SMILES string of the molecule is C=CCn1c(SCCOc2ccc(OCC)cc2)nnc1-c1ccncc1. The third-order valence-electron chi connectivity index (χ3n) is 3.68. The van der Waals surface area contributed by atoms with Gasteiger partial charge < -0.3 is 9.47 Å². The minimum absolute atomic E-state index is 0.574. The molecular formula is C20H22N4O2S. The van der Waals surface area contributed by atoms with Crippen LogP contribution in [0.3, 0.4) is 0 Å². The van der Waals surface area contributed by atoms with Crippen LogP contribution in [0.25, 0.3) is 11.4 Å². The molecule has 0 saturated heterocycles. The van der Waals surface area contributed by atoms with E-state index < -0.39 is 0 Å². The Hall–Kier alpha value is -2.80. The number of allylic oxidation sites excluding steroid dienone is 1. The normalized spacial score (nSPS) is 10.6. The van der Waals surface area contributed by atoms with Crippen molar-refractivity contribution in [1.82, 2.24) is 19.7 Å². The van der Waals surface area contributed by atoms with Crippen molar-refractivity contribution >= 4 is 11.8 Å². The van der Waals surface area contributed by atoms with E-state index in [1.807, 2.05) is 54.0 Å². The van der Waals surface area contributed by atoms with Gasteiger partial charge in [-0.25, -0.2) is 0 Å². The summed E-state index contributed by atoms with van der Waals surface area (Å²) in [5.74, 6) is 3.25. The molecule has 0 aliphatic rings. The first-order chi connectivity index (χ1) is 13.3. The summed E-state index contributed by atoms with van der Waals surface area (Å²) >= 11 is 1.61. The summed E-state index contributed by atoms with van der Waals surface area (Å²) in [4.78, 5) is 4.05. The van der Waals surface area contributed by atoms with E-state index in [0.717, 1.165) is 33.8 Å². The van der Waals surface area contributed by atoms with Gasteiger partial charge in [0.15, 0.2) is 11.0 Å². The van der Waals surface area contributed by atoms with E-state index in [1.165, 1.54) is 0 Å². The van der Waals surface area contributed by atoms with Gasteiger partial charge in [0, 0.05) is 30.3 Å². The molecular weight excluding hydrogens is 360 g/mol.